The summed E-state index contributed by atoms with van der Waals surface area (Å²) in [4.78, 5) is 98.9. The number of nitrogen functional groups attached to an aromatic ring is 2. The minimum Gasteiger partial charge on any atom is -0.463 e. The number of fused-ring (bicyclic) bond motifs is 2. The zero-order valence-corrected chi connectivity index (χ0v) is 48.6. The number of hydrogen-bond donors (Lipinski definition) is 2. The number of ether oxygens (including phenoxy) is 10. The molecule has 0 bridgehead atoms. The lowest BCUT2D eigenvalue weighted by Crippen LogP contribution is -2.40. The first-order valence-corrected chi connectivity index (χ1v) is 28.0. The van der Waals surface area contributed by atoms with E-state index in [-0.39, 0.29) is 58.8 Å². The second-order valence-electron chi connectivity index (χ2n) is 20.3. The summed E-state index contributed by atoms with van der Waals surface area (Å²) in [5.74, 6) is 9.04. The van der Waals surface area contributed by atoms with Crippen molar-refractivity contribution in [2.24, 2.45) is 0 Å². The summed E-state index contributed by atoms with van der Waals surface area (Å²) in [6.07, 6.45) is 1.80. The van der Waals surface area contributed by atoms with Gasteiger partial charge in [-0.15, -0.1) is 0 Å². The van der Waals surface area contributed by atoms with Crippen LogP contribution < -0.4 is 11.5 Å². The van der Waals surface area contributed by atoms with Crippen LogP contribution in [0.15, 0.2) is 61.2 Å². The van der Waals surface area contributed by atoms with Crippen LogP contribution in [0.1, 0.15) is 139 Å². The molecule has 0 spiro atoms. The molecule has 0 aliphatic carbocycles. The van der Waals surface area contributed by atoms with Crippen LogP contribution in [0.5, 0.6) is 0 Å². The van der Waals surface area contributed by atoms with Crippen molar-refractivity contribution in [2.75, 3.05) is 37.9 Å². The molecule has 2 aromatic carbocycles. The first-order valence-electron chi connectivity index (χ1n) is 28.0. The monoisotopic (exact) mass is 1180 g/mol. The SMILES string of the molecule is CC(=O)OC[C@H]1O[C@@H](n2c(C#Cc3cccc(COCCCCCCCCCCOCc4cccc(C#Cc5nc6c(N)ncnc6n5[C@@H]5O[C@H](COC(C)=O)[C@@H](OC(C)=O)[C@H]5OC(C)=O)c4)c3)nc3c(N)ncnc32)[C@H](OC(C)=O)[C@@H]1OC(C)=O. The second kappa shape index (κ2) is 30.1. The van der Waals surface area contributed by atoms with E-state index in [9.17, 15) is 28.8 Å². The van der Waals surface area contributed by atoms with E-state index in [1.807, 2.05) is 48.5 Å². The van der Waals surface area contributed by atoms with Crippen molar-refractivity contribution in [1.82, 2.24) is 39.0 Å². The van der Waals surface area contributed by atoms with E-state index >= 15 is 0 Å². The zero-order valence-electron chi connectivity index (χ0n) is 48.6. The van der Waals surface area contributed by atoms with Gasteiger partial charge in [-0.1, -0.05) is 74.6 Å². The molecule has 0 saturated carbocycles. The van der Waals surface area contributed by atoms with Crippen molar-refractivity contribution in [2.45, 2.75) is 155 Å². The molecule has 26 nitrogen and oxygen atoms in total. The lowest BCUT2D eigenvalue weighted by molar-refractivity contribution is -0.166. The Labute approximate surface area is 495 Å². The number of unbranched alkanes of at least 4 members (excludes halogenated alkanes) is 7. The van der Waals surface area contributed by atoms with Crippen molar-refractivity contribution in [3.05, 3.63) is 95.1 Å². The Morgan fingerprint density at radius 3 is 1.23 bits per heavy atom. The number of nitrogens with two attached hydrogens (primary N) is 2. The van der Waals surface area contributed by atoms with Crippen LogP contribution >= 0.6 is 0 Å². The Morgan fingerprint density at radius 1 is 0.488 bits per heavy atom. The smallest absolute Gasteiger partial charge is 0.303 e. The number of aromatic nitrogens is 8. The molecule has 4 aromatic heterocycles. The summed E-state index contributed by atoms with van der Waals surface area (Å²) in [5.41, 5.74) is 16.5. The number of anilines is 2. The van der Waals surface area contributed by atoms with E-state index in [1.54, 1.807) is 0 Å². The molecule has 0 radical (unpaired) electrons. The molecule has 8 atom stereocenters. The third kappa shape index (κ3) is 16.8. The predicted octanol–water partition coefficient (Wildman–Crippen LogP) is 5.43. The van der Waals surface area contributed by atoms with Gasteiger partial charge in [0.15, 0.2) is 82.5 Å². The first kappa shape index (κ1) is 63.0. The molecule has 2 saturated heterocycles. The Morgan fingerprint density at radius 2 is 0.860 bits per heavy atom. The Balaban J connectivity index is 0.766. The van der Waals surface area contributed by atoms with Crippen LogP contribution in [0.3, 0.4) is 0 Å². The third-order valence-electron chi connectivity index (χ3n) is 13.6. The van der Waals surface area contributed by atoms with Crippen LogP contribution in [-0.2, 0) is 89.3 Å². The van der Waals surface area contributed by atoms with Gasteiger partial charge in [0, 0.05) is 65.9 Å². The number of benzene rings is 2. The summed E-state index contributed by atoms with van der Waals surface area (Å²) >= 11 is 0. The maximum atomic E-state index is 12.4. The first-order chi connectivity index (χ1) is 41.4. The molecule has 4 N–H and O–H groups in total. The van der Waals surface area contributed by atoms with Crippen molar-refractivity contribution in [1.29, 1.82) is 0 Å². The van der Waals surface area contributed by atoms with E-state index in [1.165, 1.54) is 63.3 Å². The molecule has 454 valence electrons. The van der Waals surface area contributed by atoms with Crippen molar-refractivity contribution in [3.63, 3.8) is 0 Å². The molecule has 0 amide bonds. The summed E-state index contributed by atoms with van der Waals surface area (Å²) in [6.45, 7) is 8.69. The van der Waals surface area contributed by atoms with E-state index in [0.717, 1.165) is 62.5 Å². The fraction of sp³-hybridized carbons (Fsp3) is 0.467. The minimum absolute atomic E-state index is 0.0725. The highest BCUT2D eigenvalue weighted by atomic mass is 16.7. The van der Waals surface area contributed by atoms with Gasteiger partial charge in [0.2, 0.25) is 0 Å². The van der Waals surface area contributed by atoms with Gasteiger partial charge >= 0.3 is 35.8 Å². The molecule has 0 unspecified atom stereocenters. The topological polar surface area (TPSA) is 334 Å². The number of hydrogen-bond acceptors (Lipinski definition) is 24. The summed E-state index contributed by atoms with van der Waals surface area (Å²) in [5, 5.41) is 0. The van der Waals surface area contributed by atoms with Crippen molar-refractivity contribution < 1.29 is 76.1 Å². The summed E-state index contributed by atoms with van der Waals surface area (Å²) in [7, 11) is 0. The highest BCUT2D eigenvalue weighted by molar-refractivity contribution is 5.84. The zero-order chi connectivity index (χ0) is 61.3. The molecule has 2 aliphatic rings. The maximum absolute atomic E-state index is 12.4. The van der Waals surface area contributed by atoms with Gasteiger partial charge in [-0.2, -0.15) is 0 Å². The molecule has 6 heterocycles. The summed E-state index contributed by atoms with van der Waals surface area (Å²) < 4.78 is 60.6. The molecule has 8 rings (SSSR count). The largest absolute Gasteiger partial charge is 0.463 e. The summed E-state index contributed by atoms with van der Waals surface area (Å²) in [6, 6.07) is 15.2. The molecule has 2 aliphatic heterocycles. The van der Waals surface area contributed by atoms with Gasteiger partial charge in [-0.3, -0.25) is 37.9 Å². The lowest BCUT2D eigenvalue weighted by atomic mass is 10.1. The average molecular weight is 1190 g/mol. The molecule has 26 heteroatoms. The highest BCUT2D eigenvalue weighted by Gasteiger charge is 2.53. The van der Waals surface area contributed by atoms with Crippen molar-refractivity contribution >= 4 is 69.8 Å². The number of carbonyl (C=O) groups is 6. The molecule has 2 fully saturated rings. The van der Waals surface area contributed by atoms with Gasteiger partial charge in [-0.25, -0.2) is 29.9 Å². The van der Waals surface area contributed by atoms with E-state index in [4.69, 9.17) is 58.8 Å². The van der Waals surface area contributed by atoms with Gasteiger partial charge < -0.3 is 58.8 Å². The molecular formula is C60H68N10O16. The van der Waals surface area contributed by atoms with E-state index < -0.39 is 84.9 Å². The molecular weight excluding hydrogens is 1120 g/mol. The standard InChI is InChI=1S/C60H68N10O16/c1-35(71)79-31-45-51(81-37(3)73)53(83-39(5)75)59(85-45)69-47(67-49-55(61)63-33-65-57(49)69)23-21-41-17-15-19-43(27-41)29-77-25-13-11-9-7-8-10-12-14-26-78-30-44-20-16-18-42(28-44)22-24-48-68-50-56(62)64-34-66-58(50)70(48)60-54(84-40(6)76)52(82-38(4)74)46(86-60)32-80-36(2)72/h15-20,27-28,33-34,45-46,51-54,59-60H,7-14,25-26,29-32H2,1-6H3,(H2,61,63,65)(H2,62,64,66)/t45-,46-,51-,52-,53-,54-,59-,60-/m1/s1. The number of rotatable bonds is 25. The minimum atomic E-state index is -1.21. The third-order valence-corrected chi connectivity index (χ3v) is 13.6. The van der Waals surface area contributed by atoms with Crippen LogP contribution in [0.2, 0.25) is 0 Å². The number of imidazole rings is 2. The van der Waals surface area contributed by atoms with E-state index in [2.05, 4.69) is 53.6 Å². The van der Waals surface area contributed by atoms with Crippen molar-refractivity contribution in [3.8, 4) is 23.7 Å². The maximum Gasteiger partial charge on any atom is 0.303 e. The van der Waals surface area contributed by atoms with Crippen LogP contribution in [0, 0.1) is 23.7 Å². The van der Waals surface area contributed by atoms with Crippen LogP contribution in [0.25, 0.3) is 22.3 Å². The Kier molecular flexibility index (Phi) is 22.1. The van der Waals surface area contributed by atoms with Gasteiger partial charge in [-0.05, 0) is 60.1 Å². The second-order valence-corrected chi connectivity index (χ2v) is 20.3. The number of esters is 6. The quantitative estimate of drug-likeness (QED) is 0.0312. The average Bonchev–Trinajstić information content (AvgIpc) is 1.72. The Bertz CT molecular complexity index is 3320. The number of carbonyl (C=O) groups excluding carboxylic acids is 6. The fourth-order valence-corrected chi connectivity index (χ4v) is 9.90. The fourth-order valence-electron chi connectivity index (χ4n) is 9.90. The van der Waals surface area contributed by atoms with Crippen LogP contribution in [0.4, 0.5) is 11.6 Å². The molecule has 6 aromatic rings. The predicted molar refractivity (Wildman–Crippen MR) is 304 cm³/mol. The van der Waals surface area contributed by atoms with Gasteiger partial charge in [0.1, 0.15) is 38.1 Å². The number of nitrogens with zero attached hydrogens (tertiary/aromatic N) is 8. The molecule has 86 heavy (non-hydrogen) atoms. The Hall–Kier alpha value is -9.08. The normalized spacial score (nSPS) is 19.7. The lowest BCUT2D eigenvalue weighted by Gasteiger charge is -2.24. The highest BCUT2D eigenvalue weighted by Crippen LogP contribution is 2.39. The van der Waals surface area contributed by atoms with Gasteiger partial charge in [0.25, 0.3) is 0 Å². The van der Waals surface area contributed by atoms with Crippen LogP contribution in [-0.4, -0.2) is 138 Å². The van der Waals surface area contributed by atoms with Gasteiger partial charge in [0.05, 0.1) is 13.2 Å². The van der Waals surface area contributed by atoms with E-state index in [0.29, 0.717) is 37.6 Å².